The Kier molecular flexibility index (Phi) is 9.69. The Morgan fingerprint density at radius 3 is 1.73 bits per heavy atom. The highest BCUT2D eigenvalue weighted by Gasteiger charge is 2.55. The number of allylic oxidation sites excluding steroid dienone is 2. The van der Waals surface area contributed by atoms with Crippen LogP contribution in [0, 0.1) is 27.7 Å². The summed E-state index contributed by atoms with van der Waals surface area (Å²) in [5, 5.41) is 2.13. The molecule has 2 nitrogen and oxygen atoms in total. The standard InChI is InChI=1S/C62H59NO/c1-12-51-58(57-54(36-40(4)41(5)56(57)46-20-14-13-19-39(46)3)62(51)52-23-17-15-21-47(52)48-34-25-38(2)35-53(48)62)59-50(49-22-16-18-24-55(49)64-59)37-63(44-30-26-42(27-31-44)60(6,7)8)45-32-28-43(29-33-45)61(9,10)11/h12-37H,1-11H3/b50-37+,51-12+,59-58-. The normalized spacial score (nSPS) is 17.4. The lowest BCUT2D eigenvalue weighted by atomic mass is 9.69. The van der Waals surface area contributed by atoms with Gasteiger partial charge in [0.05, 0.1) is 5.41 Å². The summed E-state index contributed by atoms with van der Waals surface area (Å²) in [5.74, 6) is 0. The summed E-state index contributed by atoms with van der Waals surface area (Å²) in [6.07, 6.45) is 4.74. The van der Waals surface area contributed by atoms with Crippen molar-refractivity contribution in [2.45, 2.75) is 92.4 Å². The molecular formula is C62H59NO. The number of anilines is 2. The summed E-state index contributed by atoms with van der Waals surface area (Å²) >= 11 is 0. The molecule has 1 spiro atoms. The number of rotatable bonds is 4. The van der Waals surface area contributed by atoms with Crippen LogP contribution in [-0.4, -0.2) is 0 Å². The Bertz CT molecular complexity index is 3270. The van der Waals surface area contributed by atoms with Crippen LogP contribution in [0.2, 0.25) is 0 Å². The summed E-state index contributed by atoms with van der Waals surface area (Å²) in [6.45, 7) is 25.0. The average Bonchev–Trinajstić information content (AvgIpc) is 3.88. The second-order valence-electron chi connectivity index (χ2n) is 20.3. The Balaban J connectivity index is 1.40. The lowest BCUT2D eigenvalue weighted by Crippen LogP contribution is -2.30. The molecule has 10 rings (SSSR count). The molecule has 318 valence electrons. The molecule has 0 fully saturated rings. The molecule has 0 saturated heterocycles. The van der Waals surface area contributed by atoms with Gasteiger partial charge in [-0.15, -0.1) is 0 Å². The predicted octanol–water partition coefficient (Wildman–Crippen LogP) is 15.0. The Morgan fingerprint density at radius 1 is 0.531 bits per heavy atom. The maximum atomic E-state index is 7.43. The molecule has 1 unspecified atom stereocenters. The van der Waals surface area contributed by atoms with Crippen molar-refractivity contribution in [3.63, 3.8) is 0 Å². The molecule has 1 aromatic heterocycles. The van der Waals surface area contributed by atoms with Gasteiger partial charge in [0.25, 0.3) is 0 Å². The average molecular weight is 834 g/mol. The fourth-order valence-corrected chi connectivity index (χ4v) is 10.7. The molecule has 64 heavy (non-hydrogen) atoms. The minimum Gasteiger partial charge on any atom is -0.455 e. The molecule has 0 bridgehead atoms. The van der Waals surface area contributed by atoms with E-state index in [1.807, 2.05) is 0 Å². The molecule has 0 saturated carbocycles. The number of para-hydroxylation sites is 1. The number of hydrogen-bond acceptors (Lipinski definition) is 2. The van der Waals surface area contributed by atoms with Gasteiger partial charge >= 0.3 is 0 Å². The van der Waals surface area contributed by atoms with Gasteiger partial charge in [-0.1, -0.05) is 168 Å². The van der Waals surface area contributed by atoms with Crippen molar-refractivity contribution < 1.29 is 4.42 Å². The predicted molar refractivity (Wildman–Crippen MR) is 271 cm³/mol. The molecule has 0 aliphatic heterocycles. The monoisotopic (exact) mass is 833 g/mol. The van der Waals surface area contributed by atoms with Gasteiger partial charge in [-0.3, -0.25) is 0 Å². The maximum Gasteiger partial charge on any atom is 0.145 e. The molecule has 8 aromatic rings. The SMILES string of the molecule is C\C=C1/C(=c2/oc3ccccc3/c2=C\N(c2ccc(C(C)(C)C)cc2)c2ccc(C(C)(C)C)cc2)c2c(cc(C)c(C)c2-c2ccccc2C)C12c1ccccc1-c1ccc(C)cc12. The van der Waals surface area contributed by atoms with Gasteiger partial charge in [0.2, 0.25) is 0 Å². The minimum absolute atomic E-state index is 0.0298. The molecule has 0 amide bonds. The van der Waals surface area contributed by atoms with E-state index < -0.39 is 5.41 Å². The first kappa shape index (κ1) is 41.4. The number of fused-ring (bicyclic) bond motifs is 8. The van der Waals surface area contributed by atoms with E-state index in [0.717, 1.165) is 38.6 Å². The highest BCUT2D eigenvalue weighted by atomic mass is 16.3. The highest BCUT2D eigenvalue weighted by molar-refractivity contribution is 6.05. The molecule has 1 heterocycles. The van der Waals surface area contributed by atoms with E-state index in [1.54, 1.807) is 0 Å². The van der Waals surface area contributed by atoms with E-state index >= 15 is 0 Å². The van der Waals surface area contributed by atoms with Gasteiger partial charge in [0.15, 0.2) is 0 Å². The highest BCUT2D eigenvalue weighted by Crippen LogP contribution is 2.65. The van der Waals surface area contributed by atoms with Crippen molar-refractivity contribution in [3.05, 3.63) is 224 Å². The zero-order valence-corrected chi connectivity index (χ0v) is 39.4. The van der Waals surface area contributed by atoms with Crippen LogP contribution in [-0.2, 0) is 16.2 Å². The number of benzene rings is 7. The maximum absolute atomic E-state index is 7.43. The molecular weight excluding hydrogens is 775 g/mol. The Labute approximate surface area is 379 Å². The van der Waals surface area contributed by atoms with Crippen molar-refractivity contribution in [2.24, 2.45) is 0 Å². The summed E-state index contributed by atoms with van der Waals surface area (Å²) in [7, 11) is 0. The van der Waals surface area contributed by atoms with Crippen LogP contribution >= 0.6 is 0 Å². The second-order valence-corrected chi connectivity index (χ2v) is 20.3. The van der Waals surface area contributed by atoms with Crippen LogP contribution in [0.25, 0.3) is 45.0 Å². The number of aryl methyl sites for hydroxylation is 3. The topological polar surface area (TPSA) is 16.4 Å². The first-order chi connectivity index (χ1) is 30.6. The lowest BCUT2D eigenvalue weighted by Gasteiger charge is -2.31. The van der Waals surface area contributed by atoms with E-state index in [9.17, 15) is 0 Å². The third-order valence-electron chi connectivity index (χ3n) is 14.2. The zero-order chi connectivity index (χ0) is 44.9. The van der Waals surface area contributed by atoms with E-state index in [0.29, 0.717) is 0 Å². The van der Waals surface area contributed by atoms with Crippen LogP contribution < -0.4 is 15.5 Å². The number of furan rings is 1. The second kappa shape index (κ2) is 15.0. The summed E-state index contributed by atoms with van der Waals surface area (Å²) in [6, 6.07) is 54.4. The third-order valence-corrected chi connectivity index (χ3v) is 14.2. The van der Waals surface area contributed by atoms with E-state index in [4.69, 9.17) is 4.42 Å². The van der Waals surface area contributed by atoms with Crippen molar-refractivity contribution in [1.29, 1.82) is 0 Å². The summed E-state index contributed by atoms with van der Waals surface area (Å²) in [5.41, 5.74) is 23.8. The first-order valence-electron chi connectivity index (χ1n) is 23.0. The first-order valence-corrected chi connectivity index (χ1v) is 23.0. The fourth-order valence-electron chi connectivity index (χ4n) is 10.7. The summed E-state index contributed by atoms with van der Waals surface area (Å²) < 4.78 is 7.43. The van der Waals surface area contributed by atoms with Gasteiger partial charge in [0.1, 0.15) is 11.0 Å². The van der Waals surface area contributed by atoms with Gasteiger partial charge in [-0.05, 0) is 154 Å². The number of hydrogen-bond donors (Lipinski definition) is 0. The third kappa shape index (κ3) is 6.28. The molecule has 0 radical (unpaired) electrons. The van der Waals surface area contributed by atoms with Gasteiger partial charge in [-0.25, -0.2) is 0 Å². The van der Waals surface area contributed by atoms with E-state index in [-0.39, 0.29) is 10.8 Å². The largest absolute Gasteiger partial charge is 0.455 e. The van der Waals surface area contributed by atoms with Crippen LogP contribution in [0.3, 0.4) is 0 Å². The van der Waals surface area contributed by atoms with Gasteiger partial charge < -0.3 is 9.32 Å². The van der Waals surface area contributed by atoms with Gasteiger partial charge in [-0.2, -0.15) is 0 Å². The fraction of sp³-hybridized carbons (Fsp3) is 0.226. The van der Waals surface area contributed by atoms with Crippen molar-refractivity contribution in [3.8, 4) is 22.3 Å². The lowest BCUT2D eigenvalue weighted by molar-refractivity contribution is 0.572. The Hall–Kier alpha value is -6.64. The van der Waals surface area contributed by atoms with Gasteiger partial charge in [0, 0.05) is 33.8 Å². The van der Waals surface area contributed by atoms with E-state index in [2.05, 4.69) is 239 Å². The van der Waals surface area contributed by atoms with Crippen LogP contribution in [0.5, 0.6) is 0 Å². The van der Waals surface area contributed by atoms with Crippen molar-refractivity contribution in [2.75, 3.05) is 4.90 Å². The summed E-state index contributed by atoms with van der Waals surface area (Å²) in [4.78, 5) is 2.37. The smallest absolute Gasteiger partial charge is 0.145 e. The van der Waals surface area contributed by atoms with Crippen LogP contribution in [0.4, 0.5) is 11.4 Å². The van der Waals surface area contributed by atoms with E-state index in [1.165, 1.54) is 83.5 Å². The zero-order valence-electron chi connectivity index (χ0n) is 39.4. The quantitative estimate of drug-likeness (QED) is 0.176. The van der Waals surface area contributed by atoms with Crippen LogP contribution in [0.15, 0.2) is 162 Å². The Morgan fingerprint density at radius 2 is 1.11 bits per heavy atom. The molecule has 2 aliphatic rings. The molecule has 2 aliphatic carbocycles. The molecule has 7 aromatic carbocycles. The van der Waals surface area contributed by atoms with Crippen LogP contribution in [0.1, 0.15) is 104 Å². The molecule has 1 atom stereocenters. The number of nitrogens with zero attached hydrogens (tertiary/aromatic N) is 1. The molecule has 0 N–H and O–H groups in total. The molecule has 2 heteroatoms. The minimum atomic E-state index is -0.575. The van der Waals surface area contributed by atoms with Crippen molar-refractivity contribution >= 4 is 34.1 Å². The van der Waals surface area contributed by atoms with Crippen molar-refractivity contribution in [1.82, 2.24) is 0 Å².